The minimum absolute atomic E-state index is 0.0723. The van der Waals surface area contributed by atoms with Gasteiger partial charge in [-0.2, -0.15) is 5.10 Å². The molecule has 3 aromatic rings. The van der Waals surface area contributed by atoms with Crippen LogP contribution in [0.4, 0.5) is 5.69 Å². The lowest BCUT2D eigenvalue weighted by Crippen LogP contribution is -2.07. The van der Waals surface area contributed by atoms with Crippen LogP contribution in [0.25, 0.3) is 11.1 Å². The predicted octanol–water partition coefficient (Wildman–Crippen LogP) is 3.65. The molecule has 0 fully saturated rings. The molecule has 0 saturated heterocycles. The summed E-state index contributed by atoms with van der Waals surface area (Å²) in [5.74, 6) is -1.63. The number of non-ortho nitro benzene ring substituents is 1. The third kappa shape index (κ3) is 4.35. The van der Waals surface area contributed by atoms with Crippen molar-refractivity contribution in [3.05, 3.63) is 81.2 Å². The normalized spacial score (nSPS) is 10.6. The lowest BCUT2D eigenvalue weighted by atomic mass is 9.97. The van der Waals surface area contributed by atoms with Crippen molar-refractivity contribution in [1.82, 2.24) is 10.2 Å². The Kier molecular flexibility index (Phi) is 6.21. The SMILES string of the molecule is CCOC(=O)c1n[nH]c(CCc2ccccc2C(=O)O)c1-c1ccc([N+](=O)[O-])cc1. The number of nitro groups is 1. The number of nitrogens with one attached hydrogen (secondary N) is 1. The quantitative estimate of drug-likeness (QED) is 0.329. The highest BCUT2D eigenvalue weighted by atomic mass is 16.6. The van der Waals surface area contributed by atoms with Crippen LogP contribution in [0.1, 0.15) is 39.0 Å². The number of nitrogens with zero attached hydrogens (tertiary/aromatic N) is 2. The molecule has 1 aromatic heterocycles. The molecular weight excluding hydrogens is 390 g/mol. The summed E-state index contributed by atoms with van der Waals surface area (Å²) in [5, 5.41) is 27.2. The summed E-state index contributed by atoms with van der Waals surface area (Å²) < 4.78 is 5.07. The number of H-pyrrole nitrogens is 1. The van der Waals surface area contributed by atoms with Gasteiger partial charge in [-0.25, -0.2) is 9.59 Å². The van der Waals surface area contributed by atoms with E-state index in [0.717, 1.165) is 0 Å². The molecule has 0 spiro atoms. The maximum absolute atomic E-state index is 12.4. The molecule has 1 heterocycles. The van der Waals surface area contributed by atoms with Crippen molar-refractivity contribution in [3.8, 4) is 11.1 Å². The van der Waals surface area contributed by atoms with Gasteiger partial charge in [0.2, 0.25) is 0 Å². The van der Waals surface area contributed by atoms with Gasteiger partial charge in [-0.05, 0) is 49.1 Å². The maximum atomic E-state index is 12.4. The Morgan fingerprint density at radius 3 is 2.47 bits per heavy atom. The summed E-state index contributed by atoms with van der Waals surface area (Å²) in [7, 11) is 0. The summed E-state index contributed by atoms with van der Waals surface area (Å²) in [6.07, 6.45) is 0.774. The van der Waals surface area contributed by atoms with Gasteiger partial charge in [0.25, 0.3) is 5.69 Å². The third-order valence-electron chi connectivity index (χ3n) is 4.57. The number of nitro benzene ring substituents is 1. The molecule has 0 aliphatic rings. The number of ether oxygens (including phenoxy) is 1. The van der Waals surface area contributed by atoms with Gasteiger partial charge < -0.3 is 9.84 Å². The fourth-order valence-corrected chi connectivity index (χ4v) is 3.17. The largest absolute Gasteiger partial charge is 0.478 e. The molecule has 0 aliphatic heterocycles. The van der Waals surface area contributed by atoms with Crippen molar-refractivity contribution in [1.29, 1.82) is 0 Å². The second-order valence-corrected chi connectivity index (χ2v) is 6.41. The van der Waals surface area contributed by atoms with Gasteiger partial charge in [0, 0.05) is 23.4 Å². The molecule has 9 nitrogen and oxygen atoms in total. The molecule has 0 radical (unpaired) electrons. The molecule has 30 heavy (non-hydrogen) atoms. The van der Waals surface area contributed by atoms with Crippen LogP contribution in [0.3, 0.4) is 0 Å². The van der Waals surface area contributed by atoms with Crippen molar-refractivity contribution in [2.24, 2.45) is 0 Å². The number of carbonyl (C=O) groups excluding carboxylic acids is 1. The molecule has 0 bridgehead atoms. The summed E-state index contributed by atoms with van der Waals surface area (Å²) in [5.41, 5.74) is 2.51. The number of hydrogen-bond acceptors (Lipinski definition) is 6. The number of esters is 1. The molecule has 154 valence electrons. The van der Waals surface area contributed by atoms with Crippen molar-refractivity contribution in [2.75, 3.05) is 6.61 Å². The van der Waals surface area contributed by atoms with Crippen LogP contribution in [0.2, 0.25) is 0 Å². The third-order valence-corrected chi connectivity index (χ3v) is 4.57. The zero-order valence-electron chi connectivity index (χ0n) is 16.1. The summed E-state index contributed by atoms with van der Waals surface area (Å²) in [4.78, 5) is 34.2. The fourth-order valence-electron chi connectivity index (χ4n) is 3.17. The Hall–Kier alpha value is -4.01. The van der Waals surface area contributed by atoms with Gasteiger partial charge in [-0.15, -0.1) is 0 Å². The number of aromatic amines is 1. The Labute approximate surface area is 171 Å². The lowest BCUT2D eigenvalue weighted by Gasteiger charge is -2.08. The van der Waals surface area contributed by atoms with Crippen LogP contribution in [0.15, 0.2) is 48.5 Å². The second-order valence-electron chi connectivity index (χ2n) is 6.41. The van der Waals surface area contributed by atoms with E-state index in [1.54, 1.807) is 37.3 Å². The van der Waals surface area contributed by atoms with Crippen LogP contribution in [-0.2, 0) is 17.6 Å². The second kappa shape index (κ2) is 8.99. The molecule has 3 rings (SSSR count). The first kappa shape index (κ1) is 20.7. The van der Waals surface area contributed by atoms with E-state index in [2.05, 4.69) is 10.2 Å². The van der Waals surface area contributed by atoms with Crippen molar-refractivity contribution in [2.45, 2.75) is 19.8 Å². The van der Waals surface area contributed by atoms with Crippen molar-refractivity contribution in [3.63, 3.8) is 0 Å². The van der Waals surface area contributed by atoms with E-state index >= 15 is 0 Å². The predicted molar refractivity (Wildman–Crippen MR) is 107 cm³/mol. The summed E-state index contributed by atoms with van der Waals surface area (Å²) in [6, 6.07) is 12.5. The van der Waals surface area contributed by atoms with E-state index < -0.39 is 16.9 Å². The molecule has 0 saturated carbocycles. The molecule has 0 amide bonds. The highest BCUT2D eigenvalue weighted by molar-refractivity contribution is 5.96. The van der Waals surface area contributed by atoms with E-state index in [1.165, 1.54) is 18.2 Å². The lowest BCUT2D eigenvalue weighted by molar-refractivity contribution is -0.384. The Morgan fingerprint density at radius 1 is 1.13 bits per heavy atom. The highest BCUT2D eigenvalue weighted by Gasteiger charge is 2.23. The number of carboxylic acids is 1. The van der Waals surface area contributed by atoms with E-state index in [1.807, 2.05) is 0 Å². The Morgan fingerprint density at radius 2 is 1.83 bits per heavy atom. The first-order valence-electron chi connectivity index (χ1n) is 9.22. The number of aromatic carboxylic acids is 1. The smallest absolute Gasteiger partial charge is 0.359 e. The van der Waals surface area contributed by atoms with E-state index in [-0.39, 0.29) is 23.6 Å². The van der Waals surface area contributed by atoms with Gasteiger partial charge >= 0.3 is 11.9 Å². The Bertz CT molecular complexity index is 1090. The first-order valence-corrected chi connectivity index (χ1v) is 9.22. The number of carbonyl (C=O) groups is 2. The van der Waals surface area contributed by atoms with Crippen molar-refractivity contribution < 1.29 is 24.4 Å². The molecule has 2 N–H and O–H groups in total. The minimum atomic E-state index is -1.02. The van der Waals surface area contributed by atoms with Gasteiger partial charge in [-0.3, -0.25) is 15.2 Å². The van der Waals surface area contributed by atoms with E-state index in [4.69, 9.17) is 4.74 Å². The topological polar surface area (TPSA) is 135 Å². The molecular formula is C21H19N3O6. The van der Waals surface area contributed by atoms with Gasteiger partial charge in [0.05, 0.1) is 17.1 Å². The highest BCUT2D eigenvalue weighted by Crippen LogP contribution is 2.29. The average molecular weight is 409 g/mol. The number of carboxylic acid groups (broad SMARTS) is 1. The fraction of sp³-hybridized carbons (Fsp3) is 0.190. The van der Waals surface area contributed by atoms with E-state index in [0.29, 0.717) is 35.2 Å². The standard InChI is InChI=1S/C21H19N3O6/c1-2-30-21(27)19-18(14-7-10-15(11-8-14)24(28)29)17(22-23-19)12-9-13-5-3-4-6-16(13)20(25)26/h3-8,10-11H,2,9,12H2,1H3,(H,22,23)(H,25,26). The first-order chi connectivity index (χ1) is 14.4. The number of aromatic nitrogens is 2. The zero-order chi connectivity index (χ0) is 21.7. The monoisotopic (exact) mass is 409 g/mol. The number of benzene rings is 2. The van der Waals surface area contributed by atoms with Crippen LogP contribution < -0.4 is 0 Å². The summed E-state index contributed by atoms with van der Waals surface area (Å²) >= 11 is 0. The van der Waals surface area contributed by atoms with Gasteiger partial charge in [0.15, 0.2) is 5.69 Å². The maximum Gasteiger partial charge on any atom is 0.359 e. The number of hydrogen-bond donors (Lipinski definition) is 2. The molecule has 0 aliphatic carbocycles. The van der Waals surface area contributed by atoms with Crippen LogP contribution in [0.5, 0.6) is 0 Å². The van der Waals surface area contributed by atoms with Gasteiger partial charge in [-0.1, -0.05) is 18.2 Å². The minimum Gasteiger partial charge on any atom is -0.478 e. The van der Waals surface area contributed by atoms with Crippen LogP contribution >= 0.6 is 0 Å². The molecule has 0 unspecified atom stereocenters. The molecule has 0 atom stereocenters. The Balaban J connectivity index is 1.98. The molecule has 9 heteroatoms. The summed E-state index contributed by atoms with van der Waals surface area (Å²) in [6.45, 7) is 1.85. The zero-order valence-corrected chi connectivity index (χ0v) is 16.1. The molecule has 2 aromatic carbocycles. The van der Waals surface area contributed by atoms with Crippen LogP contribution in [-0.4, -0.2) is 38.8 Å². The number of rotatable bonds is 8. The number of aryl methyl sites for hydroxylation is 2. The average Bonchev–Trinajstić information content (AvgIpc) is 3.16. The van der Waals surface area contributed by atoms with E-state index in [9.17, 15) is 24.8 Å². The van der Waals surface area contributed by atoms with Crippen LogP contribution in [0, 0.1) is 10.1 Å². The van der Waals surface area contributed by atoms with Crippen molar-refractivity contribution >= 4 is 17.6 Å². The van der Waals surface area contributed by atoms with Gasteiger partial charge in [0.1, 0.15) is 0 Å².